The van der Waals surface area contributed by atoms with Crippen LogP contribution in [0.3, 0.4) is 0 Å². The molecule has 144 valence electrons. The van der Waals surface area contributed by atoms with Gasteiger partial charge in [-0.2, -0.15) is 4.98 Å². The minimum Gasteiger partial charge on any atom is -0.462 e. The molecule has 2 heterocycles. The van der Waals surface area contributed by atoms with Crippen molar-refractivity contribution in [2.24, 2.45) is 0 Å². The van der Waals surface area contributed by atoms with Crippen LogP contribution in [0, 0.1) is 6.92 Å². The van der Waals surface area contributed by atoms with E-state index >= 15 is 0 Å². The third-order valence-corrected chi connectivity index (χ3v) is 4.87. The first-order valence-corrected chi connectivity index (χ1v) is 9.77. The van der Waals surface area contributed by atoms with Crippen molar-refractivity contribution in [3.05, 3.63) is 41.6 Å². The molecule has 1 aromatic carbocycles. The summed E-state index contributed by atoms with van der Waals surface area (Å²) in [6.07, 6.45) is 4.77. The monoisotopic (exact) mass is 368 g/mol. The molecule has 2 aromatic rings. The second-order valence-electron chi connectivity index (χ2n) is 6.87. The summed E-state index contributed by atoms with van der Waals surface area (Å²) in [6, 6.07) is 9.68. The number of piperidine rings is 1. The summed E-state index contributed by atoms with van der Waals surface area (Å²) in [5.41, 5.74) is 2.35. The lowest BCUT2D eigenvalue weighted by atomic mass is 10.0. The van der Waals surface area contributed by atoms with Crippen LogP contribution in [0.2, 0.25) is 0 Å². The first-order chi connectivity index (χ1) is 13.1. The highest BCUT2D eigenvalue weighted by molar-refractivity contribution is 5.89. The van der Waals surface area contributed by atoms with Crippen molar-refractivity contribution in [1.82, 2.24) is 9.97 Å². The molecule has 1 N–H and O–H groups in total. The number of anilines is 3. The highest BCUT2D eigenvalue weighted by Crippen LogP contribution is 2.26. The molecule has 6 nitrogen and oxygen atoms in total. The Balaban J connectivity index is 1.77. The molecule has 0 aliphatic carbocycles. The molecule has 27 heavy (non-hydrogen) atoms. The maximum absolute atomic E-state index is 11.8. The van der Waals surface area contributed by atoms with Crippen molar-refractivity contribution in [2.45, 2.75) is 52.5 Å². The molecular formula is C21H28N4O2. The predicted octanol–water partition coefficient (Wildman–Crippen LogP) is 4.47. The van der Waals surface area contributed by atoms with E-state index < -0.39 is 0 Å². The Kier molecular flexibility index (Phi) is 6.27. The number of hydrogen-bond acceptors (Lipinski definition) is 6. The molecule has 1 unspecified atom stereocenters. The predicted molar refractivity (Wildman–Crippen MR) is 108 cm³/mol. The van der Waals surface area contributed by atoms with Crippen molar-refractivity contribution < 1.29 is 9.53 Å². The number of aryl methyl sites for hydroxylation is 1. The van der Waals surface area contributed by atoms with Crippen LogP contribution in [0.4, 0.5) is 17.5 Å². The molecule has 1 aliphatic heterocycles. The van der Waals surface area contributed by atoms with Crippen LogP contribution in [0.25, 0.3) is 0 Å². The minimum atomic E-state index is -0.306. The number of hydrogen-bond donors (Lipinski definition) is 1. The summed E-state index contributed by atoms with van der Waals surface area (Å²) in [5.74, 6) is 1.26. The molecule has 0 radical (unpaired) electrons. The van der Waals surface area contributed by atoms with Gasteiger partial charge < -0.3 is 15.0 Å². The topological polar surface area (TPSA) is 67.3 Å². The SMILES string of the molecule is CCOC(=O)c1ccc(Nc2cc(C)nc(N3CCCCC3CC)n2)cc1. The Labute approximate surface area is 161 Å². The minimum absolute atomic E-state index is 0.306. The van der Waals surface area contributed by atoms with Crippen LogP contribution in [0.15, 0.2) is 30.3 Å². The van der Waals surface area contributed by atoms with Crippen molar-refractivity contribution in [3.8, 4) is 0 Å². The highest BCUT2D eigenvalue weighted by Gasteiger charge is 2.23. The van der Waals surface area contributed by atoms with E-state index in [0.717, 1.165) is 36.1 Å². The van der Waals surface area contributed by atoms with Crippen LogP contribution in [0.1, 0.15) is 55.6 Å². The Bertz CT molecular complexity index is 776. The van der Waals surface area contributed by atoms with Gasteiger partial charge in [0.15, 0.2) is 0 Å². The van der Waals surface area contributed by atoms with Crippen molar-refractivity contribution in [2.75, 3.05) is 23.4 Å². The quantitative estimate of drug-likeness (QED) is 0.759. The maximum atomic E-state index is 11.8. The largest absolute Gasteiger partial charge is 0.462 e. The average Bonchev–Trinajstić information content (AvgIpc) is 2.68. The van der Waals surface area contributed by atoms with Crippen LogP contribution in [0.5, 0.6) is 0 Å². The molecule has 0 amide bonds. The van der Waals surface area contributed by atoms with Gasteiger partial charge in [0.2, 0.25) is 5.95 Å². The molecule has 1 atom stereocenters. The first kappa shape index (κ1) is 19.1. The van der Waals surface area contributed by atoms with Gasteiger partial charge in [0.05, 0.1) is 12.2 Å². The van der Waals surface area contributed by atoms with E-state index in [1.807, 2.05) is 25.1 Å². The molecule has 0 saturated carbocycles. The number of aromatic nitrogens is 2. The number of benzene rings is 1. The van der Waals surface area contributed by atoms with Gasteiger partial charge >= 0.3 is 5.97 Å². The molecular weight excluding hydrogens is 340 g/mol. The lowest BCUT2D eigenvalue weighted by Crippen LogP contribution is -2.40. The van der Waals surface area contributed by atoms with Crippen LogP contribution < -0.4 is 10.2 Å². The van der Waals surface area contributed by atoms with Gasteiger partial charge in [-0.25, -0.2) is 9.78 Å². The Morgan fingerprint density at radius 1 is 1.22 bits per heavy atom. The van der Waals surface area contributed by atoms with E-state index in [-0.39, 0.29) is 5.97 Å². The first-order valence-electron chi connectivity index (χ1n) is 9.77. The second-order valence-corrected chi connectivity index (χ2v) is 6.87. The summed E-state index contributed by atoms with van der Waals surface area (Å²) < 4.78 is 5.02. The molecule has 1 saturated heterocycles. The molecule has 6 heteroatoms. The Hall–Kier alpha value is -2.63. The van der Waals surface area contributed by atoms with Crippen molar-refractivity contribution in [1.29, 1.82) is 0 Å². The van der Waals surface area contributed by atoms with Gasteiger partial charge in [0, 0.05) is 30.0 Å². The normalized spacial score (nSPS) is 16.9. The van der Waals surface area contributed by atoms with E-state index in [0.29, 0.717) is 18.2 Å². The van der Waals surface area contributed by atoms with E-state index in [4.69, 9.17) is 9.72 Å². The van der Waals surface area contributed by atoms with Crippen molar-refractivity contribution in [3.63, 3.8) is 0 Å². The third-order valence-electron chi connectivity index (χ3n) is 4.87. The number of rotatable bonds is 6. The van der Waals surface area contributed by atoms with Gasteiger partial charge in [-0.3, -0.25) is 0 Å². The summed E-state index contributed by atoms with van der Waals surface area (Å²) in [6.45, 7) is 7.40. The summed E-state index contributed by atoms with van der Waals surface area (Å²) in [4.78, 5) is 23.5. The fraction of sp³-hybridized carbons (Fsp3) is 0.476. The lowest BCUT2D eigenvalue weighted by Gasteiger charge is -2.35. The second kappa shape index (κ2) is 8.84. The average molecular weight is 368 g/mol. The number of ether oxygens (including phenoxy) is 1. The molecule has 1 aromatic heterocycles. The highest BCUT2D eigenvalue weighted by atomic mass is 16.5. The zero-order valence-electron chi connectivity index (χ0n) is 16.4. The number of carbonyl (C=O) groups excluding carboxylic acids is 1. The number of carbonyl (C=O) groups is 1. The molecule has 3 rings (SSSR count). The van der Waals surface area contributed by atoms with E-state index in [1.54, 1.807) is 19.1 Å². The molecule has 1 aliphatic rings. The molecule has 0 bridgehead atoms. The van der Waals surface area contributed by atoms with Gasteiger partial charge in [-0.15, -0.1) is 0 Å². The standard InChI is InChI=1S/C21H28N4O2/c1-4-18-8-6-7-13-25(18)21-22-15(3)14-19(24-21)23-17-11-9-16(10-12-17)20(26)27-5-2/h9-12,14,18H,4-8,13H2,1-3H3,(H,22,23,24). The summed E-state index contributed by atoms with van der Waals surface area (Å²) in [7, 11) is 0. The third kappa shape index (κ3) is 4.76. The van der Waals surface area contributed by atoms with Gasteiger partial charge in [-0.1, -0.05) is 6.92 Å². The maximum Gasteiger partial charge on any atom is 0.338 e. The Morgan fingerprint density at radius 2 is 2.00 bits per heavy atom. The van der Waals surface area contributed by atoms with E-state index in [9.17, 15) is 4.79 Å². The van der Waals surface area contributed by atoms with Crippen LogP contribution in [-0.2, 0) is 4.74 Å². The number of esters is 1. The number of nitrogens with zero attached hydrogens (tertiary/aromatic N) is 3. The fourth-order valence-electron chi connectivity index (χ4n) is 3.49. The number of nitrogens with one attached hydrogen (secondary N) is 1. The van der Waals surface area contributed by atoms with Gasteiger partial charge in [0.25, 0.3) is 0 Å². The van der Waals surface area contributed by atoms with Crippen molar-refractivity contribution >= 4 is 23.4 Å². The molecule has 0 spiro atoms. The zero-order valence-corrected chi connectivity index (χ0v) is 16.4. The smallest absolute Gasteiger partial charge is 0.338 e. The zero-order chi connectivity index (χ0) is 19.2. The summed E-state index contributed by atoms with van der Waals surface area (Å²) >= 11 is 0. The van der Waals surface area contributed by atoms with Crippen LogP contribution >= 0.6 is 0 Å². The van der Waals surface area contributed by atoms with Gasteiger partial charge in [-0.05, 0) is 63.8 Å². The molecule has 1 fully saturated rings. The van der Waals surface area contributed by atoms with E-state index in [1.165, 1.54) is 19.3 Å². The van der Waals surface area contributed by atoms with Gasteiger partial charge in [0.1, 0.15) is 5.82 Å². The fourth-order valence-corrected chi connectivity index (χ4v) is 3.49. The lowest BCUT2D eigenvalue weighted by molar-refractivity contribution is 0.0526. The summed E-state index contributed by atoms with van der Waals surface area (Å²) in [5, 5.41) is 3.33. The Morgan fingerprint density at radius 3 is 2.70 bits per heavy atom. The van der Waals surface area contributed by atoms with Crippen LogP contribution in [-0.4, -0.2) is 35.1 Å². The van der Waals surface area contributed by atoms with E-state index in [2.05, 4.69) is 22.1 Å².